The molecule has 12 rings (SSSR count). The second-order valence-corrected chi connectivity index (χ2v) is 14.7. The van der Waals surface area contributed by atoms with Crippen molar-refractivity contribution in [3.05, 3.63) is 210 Å². The maximum atomic E-state index is 6.66. The zero-order valence-corrected chi connectivity index (χ0v) is 30.1. The lowest BCUT2D eigenvalue weighted by atomic mass is 9.70. The summed E-state index contributed by atoms with van der Waals surface area (Å²) in [5, 5.41) is 2.14. The lowest BCUT2D eigenvalue weighted by Gasteiger charge is -2.30. The molecule has 4 nitrogen and oxygen atoms in total. The van der Waals surface area contributed by atoms with E-state index in [1.54, 1.807) is 0 Å². The average Bonchev–Trinajstić information content (AvgIpc) is 3.90. The van der Waals surface area contributed by atoms with E-state index in [2.05, 4.69) is 115 Å². The maximum Gasteiger partial charge on any atom is 0.164 e. The van der Waals surface area contributed by atoms with Gasteiger partial charge in [-0.2, -0.15) is 0 Å². The lowest BCUT2D eigenvalue weighted by Crippen LogP contribution is -2.25. The number of para-hydroxylation sites is 1. The Morgan fingerprint density at radius 2 is 0.804 bits per heavy atom. The van der Waals surface area contributed by atoms with Crippen LogP contribution in [0.3, 0.4) is 0 Å². The van der Waals surface area contributed by atoms with Crippen molar-refractivity contribution < 1.29 is 4.42 Å². The van der Waals surface area contributed by atoms with Crippen molar-refractivity contribution in [3.8, 4) is 67.5 Å². The van der Waals surface area contributed by atoms with E-state index in [0.717, 1.165) is 49.8 Å². The van der Waals surface area contributed by atoms with Crippen molar-refractivity contribution in [2.24, 2.45) is 0 Å². The molecule has 0 saturated heterocycles. The van der Waals surface area contributed by atoms with Crippen LogP contribution >= 0.6 is 0 Å². The van der Waals surface area contributed by atoms with Crippen molar-refractivity contribution in [1.29, 1.82) is 0 Å². The molecule has 0 amide bonds. The second kappa shape index (κ2) is 11.8. The highest BCUT2D eigenvalue weighted by Crippen LogP contribution is 2.63. The summed E-state index contributed by atoms with van der Waals surface area (Å²) in [6.07, 6.45) is 0. The number of rotatable bonds is 4. The monoisotopic (exact) mass is 713 g/mol. The van der Waals surface area contributed by atoms with E-state index in [4.69, 9.17) is 19.4 Å². The fraction of sp³-hybridized carbons (Fsp3) is 0.0192. The fourth-order valence-corrected chi connectivity index (χ4v) is 9.41. The summed E-state index contributed by atoms with van der Waals surface area (Å²) < 4.78 is 6.66. The number of hydrogen-bond donors (Lipinski definition) is 0. The Morgan fingerprint density at radius 3 is 1.39 bits per heavy atom. The van der Waals surface area contributed by atoms with Gasteiger partial charge in [0.1, 0.15) is 11.2 Å². The van der Waals surface area contributed by atoms with E-state index in [0.29, 0.717) is 17.5 Å². The van der Waals surface area contributed by atoms with Gasteiger partial charge in [0.15, 0.2) is 17.5 Å². The number of furan rings is 1. The second-order valence-electron chi connectivity index (χ2n) is 14.7. The minimum absolute atomic E-state index is 0.451. The normalized spacial score (nSPS) is 13.1. The summed E-state index contributed by atoms with van der Waals surface area (Å²) in [7, 11) is 0. The first-order valence-electron chi connectivity index (χ1n) is 19.0. The Hall–Kier alpha value is -7.43. The topological polar surface area (TPSA) is 51.8 Å². The first-order chi connectivity index (χ1) is 27.8. The maximum absolute atomic E-state index is 6.66. The van der Waals surface area contributed by atoms with Crippen molar-refractivity contribution in [2.75, 3.05) is 0 Å². The molecule has 0 N–H and O–H groups in total. The molecular weight excluding hydrogens is 683 g/mol. The average molecular weight is 714 g/mol. The lowest BCUT2D eigenvalue weighted by molar-refractivity contribution is 0.669. The quantitative estimate of drug-likeness (QED) is 0.182. The minimum Gasteiger partial charge on any atom is -0.456 e. The molecule has 2 heterocycles. The number of fused-ring (bicyclic) bond motifs is 13. The molecule has 0 saturated carbocycles. The van der Waals surface area contributed by atoms with Crippen LogP contribution in [0.2, 0.25) is 0 Å². The molecule has 4 heteroatoms. The summed E-state index contributed by atoms with van der Waals surface area (Å²) in [6.45, 7) is 0. The molecule has 1 spiro atoms. The van der Waals surface area contributed by atoms with Crippen LogP contribution in [0.5, 0.6) is 0 Å². The highest BCUT2D eigenvalue weighted by Gasteiger charge is 2.51. The molecule has 10 aromatic rings. The van der Waals surface area contributed by atoms with Gasteiger partial charge in [-0.3, -0.25) is 0 Å². The van der Waals surface area contributed by atoms with Crippen LogP contribution in [-0.4, -0.2) is 15.0 Å². The zero-order chi connectivity index (χ0) is 36.8. The SMILES string of the molecule is c1ccc(-c2nc(-c3ccccc3)nc(-c3cc(-c4ccc5c(c4)C4(c6ccccc6-c6ccccc64)c4ccccc4-5)c4c(c3)oc3ccccc34)n2)cc1. The Balaban J connectivity index is 1.14. The molecular formula is C52H31N3O. The van der Waals surface area contributed by atoms with Crippen LogP contribution in [0.4, 0.5) is 0 Å². The predicted molar refractivity (Wildman–Crippen MR) is 225 cm³/mol. The molecule has 0 radical (unpaired) electrons. The largest absolute Gasteiger partial charge is 0.456 e. The van der Waals surface area contributed by atoms with Crippen LogP contribution in [-0.2, 0) is 5.41 Å². The van der Waals surface area contributed by atoms with Crippen molar-refractivity contribution in [1.82, 2.24) is 15.0 Å². The number of aromatic nitrogens is 3. The molecule has 260 valence electrons. The van der Waals surface area contributed by atoms with E-state index in [1.165, 1.54) is 44.5 Å². The Morgan fingerprint density at radius 1 is 0.321 bits per heavy atom. The molecule has 2 aliphatic rings. The smallest absolute Gasteiger partial charge is 0.164 e. The number of hydrogen-bond acceptors (Lipinski definition) is 4. The Bertz CT molecular complexity index is 3080. The van der Waals surface area contributed by atoms with Crippen LogP contribution < -0.4 is 0 Å². The third-order valence-electron chi connectivity index (χ3n) is 11.7. The molecule has 56 heavy (non-hydrogen) atoms. The van der Waals surface area contributed by atoms with Gasteiger partial charge < -0.3 is 4.42 Å². The predicted octanol–water partition coefficient (Wildman–Crippen LogP) is 12.8. The van der Waals surface area contributed by atoms with Crippen molar-refractivity contribution in [2.45, 2.75) is 5.41 Å². The van der Waals surface area contributed by atoms with Gasteiger partial charge >= 0.3 is 0 Å². The first kappa shape index (κ1) is 31.0. The molecule has 0 bridgehead atoms. The van der Waals surface area contributed by atoms with E-state index in [9.17, 15) is 0 Å². The first-order valence-corrected chi connectivity index (χ1v) is 19.0. The van der Waals surface area contributed by atoms with Gasteiger partial charge in [-0.05, 0) is 79.9 Å². The molecule has 8 aromatic carbocycles. The molecule has 0 fully saturated rings. The third-order valence-corrected chi connectivity index (χ3v) is 11.7. The summed E-state index contributed by atoms with van der Waals surface area (Å²) in [4.78, 5) is 15.2. The molecule has 0 unspecified atom stereocenters. The standard InChI is InChI=1S/C52H31N3O/c1-3-15-32(16-4-1)49-53-50(33-17-5-2-6-18-33)55-51(54-49)35-29-41(48-40-22-10-14-26-46(40)56-47(48)31-35)34-27-28-39-38-21-9-13-25-44(38)52(45(39)30-34)42-23-11-7-19-36(42)37-20-8-12-24-43(37)52/h1-31H. The molecule has 2 aromatic heterocycles. The van der Waals surface area contributed by atoms with Gasteiger partial charge in [0.2, 0.25) is 0 Å². The van der Waals surface area contributed by atoms with Crippen LogP contribution in [0.15, 0.2) is 192 Å². The highest BCUT2D eigenvalue weighted by atomic mass is 16.3. The minimum atomic E-state index is -0.451. The summed E-state index contributed by atoms with van der Waals surface area (Å²) >= 11 is 0. The Labute approximate surface area is 323 Å². The van der Waals surface area contributed by atoms with Gasteiger partial charge in [-0.1, -0.05) is 164 Å². The van der Waals surface area contributed by atoms with Gasteiger partial charge in [0.25, 0.3) is 0 Å². The molecule has 0 aliphatic heterocycles. The summed E-state index contributed by atoms with van der Waals surface area (Å²) in [5.41, 5.74) is 16.5. The number of benzene rings is 8. The highest BCUT2D eigenvalue weighted by molar-refractivity contribution is 6.14. The number of nitrogens with zero attached hydrogens (tertiary/aromatic N) is 3. The molecule has 0 atom stereocenters. The Kier molecular flexibility index (Phi) is 6.52. The van der Waals surface area contributed by atoms with E-state index in [1.807, 2.05) is 72.8 Å². The van der Waals surface area contributed by atoms with Crippen LogP contribution in [0, 0.1) is 0 Å². The summed E-state index contributed by atoms with van der Waals surface area (Å²) in [6, 6.07) is 66.8. The van der Waals surface area contributed by atoms with Crippen LogP contribution in [0.25, 0.3) is 89.5 Å². The van der Waals surface area contributed by atoms with Crippen LogP contribution in [0.1, 0.15) is 22.3 Å². The zero-order valence-electron chi connectivity index (χ0n) is 30.1. The van der Waals surface area contributed by atoms with E-state index in [-0.39, 0.29) is 0 Å². The van der Waals surface area contributed by atoms with Gasteiger partial charge in [0.05, 0.1) is 5.41 Å². The van der Waals surface area contributed by atoms with Gasteiger partial charge in [-0.25, -0.2) is 15.0 Å². The third kappa shape index (κ3) is 4.32. The van der Waals surface area contributed by atoms with E-state index >= 15 is 0 Å². The van der Waals surface area contributed by atoms with E-state index < -0.39 is 5.41 Å². The van der Waals surface area contributed by atoms with Gasteiger partial charge in [0, 0.05) is 27.5 Å². The fourth-order valence-electron chi connectivity index (χ4n) is 9.41. The van der Waals surface area contributed by atoms with Crippen molar-refractivity contribution in [3.63, 3.8) is 0 Å². The van der Waals surface area contributed by atoms with Gasteiger partial charge in [-0.15, -0.1) is 0 Å². The summed E-state index contributed by atoms with van der Waals surface area (Å²) in [5.74, 6) is 1.83. The van der Waals surface area contributed by atoms with Crippen molar-refractivity contribution >= 4 is 21.9 Å². The molecule has 2 aliphatic carbocycles.